The summed E-state index contributed by atoms with van der Waals surface area (Å²) in [6, 6.07) is 10.8. The van der Waals surface area contributed by atoms with Crippen molar-refractivity contribution in [1.82, 2.24) is 0 Å². The number of benzene rings is 2. The lowest BCUT2D eigenvalue weighted by molar-refractivity contribution is 0.571. The molecule has 1 atom stereocenters. The van der Waals surface area contributed by atoms with Gasteiger partial charge in [-0.3, -0.25) is 0 Å². The summed E-state index contributed by atoms with van der Waals surface area (Å²) in [6.45, 7) is 2.14. The molecule has 0 aliphatic carbocycles. The van der Waals surface area contributed by atoms with Crippen LogP contribution in [-0.2, 0) is 0 Å². The van der Waals surface area contributed by atoms with Crippen LogP contribution in [0, 0.1) is 18.6 Å². The van der Waals surface area contributed by atoms with E-state index >= 15 is 0 Å². The smallest absolute Gasteiger partial charge is 0.128 e. The Morgan fingerprint density at radius 1 is 1.15 bits per heavy atom. The molecule has 1 unspecified atom stereocenters. The van der Waals surface area contributed by atoms with Crippen LogP contribution in [0.5, 0.6) is 0 Å². The minimum absolute atomic E-state index is 0.243. The molecule has 0 radical (unpaired) electrons. The van der Waals surface area contributed by atoms with Gasteiger partial charge >= 0.3 is 0 Å². The second kappa shape index (κ2) is 6.01. The van der Waals surface area contributed by atoms with Crippen molar-refractivity contribution in [3.05, 3.63) is 65.2 Å². The molecule has 2 rings (SSSR count). The number of likely N-dealkylation sites (N-methyl/N-ethyl adjacent to an activating group) is 1. The van der Waals surface area contributed by atoms with Crippen LogP contribution in [0.2, 0.25) is 0 Å². The van der Waals surface area contributed by atoms with Crippen molar-refractivity contribution in [2.24, 2.45) is 5.73 Å². The highest BCUT2D eigenvalue weighted by molar-refractivity contribution is 5.49. The molecule has 0 saturated carbocycles. The third-order valence-electron chi connectivity index (χ3n) is 3.42. The van der Waals surface area contributed by atoms with Crippen molar-refractivity contribution >= 4 is 5.69 Å². The summed E-state index contributed by atoms with van der Waals surface area (Å²) >= 11 is 0. The average Bonchev–Trinajstić information content (AvgIpc) is 2.43. The molecule has 106 valence electrons. The number of halogens is 2. The molecule has 0 aliphatic rings. The van der Waals surface area contributed by atoms with E-state index in [4.69, 9.17) is 5.73 Å². The van der Waals surface area contributed by atoms with Gasteiger partial charge in [0.2, 0.25) is 0 Å². The summed E-state index contributed by atoms with van der Waals surface area (Å²) in [7, 11) is 1.79. The summed E-state index contributed by atoms with van der Waals surface area (Å²) in [5.74, 6) is -0.621. The van der Waals surface area contributed by atoms with E-state index in [0.29, 0.717) is 11.3 Å². The predicted octanol–water partition coefficient (Wildman–Crippen LogP) is 3.41. The van der Waals surface area contributed by atoms with Crippen molar-refractivity contribution in [2.75, 3.05) is 18.5 Å². The Kier molecular flexibility index (Phi) is 4.35. The van der Waals surface area contributed by atoms with Gasteiger partial charge in [-0.2, -0.15) is 0 Å². The van der Waals surface area contributed by atoms with Crippen LogP contribution < -0.4 is 10.6 Å². The van der Waals surface area contributed by atoms with Gasteiger partial charge in [0.25, 0.3) is 0 Å². The number of rotatable bonds is 4. The Bertz CT molecular complexity index is 599. The van der Waals surface area contributed by atoms with Crippen molar-refractivity contribution in [3.63, 3.8) is 0 Å². The number of aryl methyl sites for hydroxylation is 1. The zero-order chi connectivity index (χ0) is 14.7. The number of hydrogen-bond acceptors (Lipinski definition) is 2. The first kappa shape index (κ1) is 14.5. The zero-order valence-corrected chi connectivity index (χ0v) is 11.6. The van der Waals surface area contributed by atoms with Gasteiger partial charge in [0.05, 0.1) is 6.04 Å². The summed E-state index contributed by atoms with van der Waals surface area (Å²) in [4.78, 5) is 1.79. The summed E-state index contributed by atoms with van der Waals surface area (Å²) < 4.78 is 27.3. The van der Waals surface area contributed by atoms with Gasteiger partial charge in [0.15, 0.2) is 0 Å². The maximum Gasteiger partial charge on any atom is 0.128 e. The Labute approximate surface area is 117 Å². The monoisotopic (exact) mass is 276 g/mol. The van der Waals surface area contributed by atoms with Crippen LogP contribution in [0.25, 0.3) is 0 Å². The zero-order valence-electron chi connectivity index (χ0n) is 11.6. The molecule has 0 amide bonds. The van der Waals surface area contributed by atoms with Gasteiger partial charge < -0.3 is 10.6 Å². The van der Waals surface area contributed by atoms with E-state index in [1.165, 1.54) is 18.2 Å². The molecule has 0 aromatic heterocycles. The van der Waals surface area contributed by atoms with E-state index in [-0.39, 0.29) is 24.2 Å². The largest absolute Gasteiger partial charge is 0.366 e. The molecular formula is C16H18F2N2. The maximum absolute atomic E-state index is 14.0. The van der Waals surface area contributed by atoms with Crippen molar-refractivity contribution < 1.29 is 8.78 Å². The van der Waals surface area contributed by atoms with Crippen molar-refractivity contribution in [2.45, 2.75) is 13.0 Å². The predicted molar refractivity (Wildman–Crippen MR) is 77.7 cm³/mol. The molecule has 0 heterocycles. The summed E-state index contributed by atoms with van der Waals surface area (Å²) in [5.41, 5.74) is 7.96. The third kappa shape index (κ3) is 2.96. The molecule has 2 aromatic carbocycles. The van der Waals surface area contributed by atoms with Crippen LogP contribution in [0.4, 0.5) is 14.5 Å². The van der Waals surface area contributed by atoms with E-state index in [9.17, 15) is 8.78 Å². The molecule has 0 aliphatic heterocycles. The molecule has 2 aromatic rings. The lowest BCUT2D eigenvalue weighted by Gasteiger charge is -2.30. The van der Waals surface area contributed by atoms with Crippen molar-refractivity contribution in [3.8, 4) is 0 Å². The highest BCUT2D eigenvalue weighted by Gasteiger charge is 2.20. The van der Waals surface area contributed by atoms with Gasteiger partial charge in [-0.15, -0.1) is 0 Å². The number of hydrogen-bond donors (Lipinski definition) is 1. The molecule has 0 spiro atoms. The third-order valence-corrected chi connectivity index (χ3v) is 3.42. The topological polar surface area (TPSA) is 29.3 Å². The Morgan fingerprint density at radius 3 is 2.55 bits per heavy atom. The lowest BCUT2D eigenvalue weighted by atomic mass is 10.0. The standard InChI is InChI=1S/C16H18F2N2/c1-11-6-7-15(18)14(8-11)16(10-19)20(2)13-5-3-4-12(17)9-13/h3-9,16H,10,19H2,1-2H3. The van der Waals surface area contributed by atoms with E-state index < -0.39 is 0 Å². The highest BCUT2D eigenvalue weighted by Crippen LogP contribution is 2.27. The van der Waals surface area contributed by atoms with Gasteiger partial charge in [-0.1, -0.05) is 23.8 Å². The van der Waals surface area contributed by atoms with Crippen LogP contribution in [0.3, 0.4) is 0 Å². The minimum atomic E-state index is -0.336. The van der Waals surface area contributed by atoms with E-state index in [0.717, 1.165) is 5.56 Å². The molecule has 2 N–H and O–H groups in total. The fraction of sp³-hybridized carbons (Fsp3) is 0.250. The van der Waals surface area contributed by atoms with Crippen molar-refractivity contribution in [1.29, 1.82) is 0 Å². The lowest BCUT2D eigenvalue weighted by Crippen LogP contribution is -2.31. The number of anilines is 1. The normalized spacial score (nSPS) is 12.2. The molecule has 20 heavy (non-hydrogen) atoms. The maximum atomic E-state index is 14.0. The first-order valence-corrected chi connectivity index (χ1v) is 6.47. The Hall–Kier alpha value is -1.94. The molecular weight excluding hydrogens is 258 g/mol. The minimum Gasteiger partial charge on any atom is -0.366 e. The molecule has 0 fully saturated rings. The van der Waals surface area contributed by atoms with E-state index in [1.54, 1.807) is 36.2 Å². The summed E-state index contributed by atoms with van der Waals surface area (Å²) in [6.07, 6.45) is 0. The summed E-state index contributed by atoms with van der Waals surface area (Å²) in [5, 5.41) is 0. The van der Waals surface area contributed by atoms with Gasteiger partial charge in [0.1, 0.15) is 11.6 Å². The second-order valence-electron chi connectivity index (χ2n) is 4.87. The molecule has 0 bridgehead atoms. The quantitative estimate of drug-likeness (QED) is 0.927. The first-order valence-electron chi connectivity index (χ1n) is 6.47. The Morgan fingerprint density at radius 2 is 1.90 bits per heavy atom. The molecule has 0 saturated heterocycles. The van der Waals surface area contributed by atoms with Gasteiger partial charge in [-0.25, -0.2) is 8.78 Å². The second-order valence-corrected chi connectivity index (χ2v) is 4.87. The Balaban J connectivity index is 2.39. The van der Waals surface area contributed by atoms with Crippen LogP contribution in [0.1, 0.15) is 17.2 Å². The van der Waals surface area contributed by atoms with Crippen LogP contribution >= 0.6 is 0 Å². The van der Waals surface area contributed by atoms with E-state index in [2.05, 4.69) is 0 Å². The fourth-order valence-corrected chi connectivity index (χ4v) is 2.29. The number of nitrogens with zero attached hydrogens (tertiary/aromatic N) is 1. The van der Waals surface area contributed by atoms with Gasteiger partial charge in [-0.05, 0) is 31.2 Å². The first-order chi connectivity index (χ1) is 9.52. The van der Waals surface area contributed by atoms with Crippen LogP contribution in [0.15, 0.2) is 42.5 Å². The molecule has 4 heteroatoms. The SMILES string of the molecule is Cc1ccc(F)c(C(CN)N(C)c2cccc(F)c2)c1. The number of nitrogens with two attached hydrogens (primary N) is 1. The van der Waals surface area contributed by atoms with E-state index in [1.807, 2.05) is 6.92 Å². The van der Waals surface area contributed by atoms with Crippen LogP contribution in [-0.4, -0.2) is 13.6 Å². The molecule has 2 nitrogen and oxygen atoms in total. The highest BCUT2D eigenvalue weighted by atomic mass is 19.1. The van der Waals surface area contributed by atoms with Gasteiger partial charge in [0, 0.05) is 24.8 Å². The average molecular weight is 276 g/mol. The fourth-order valence-electron chi connectivity index (χ4n) is 2.29.